The Balaban J connectivity index is 2.58. The molecule has 2 nitrogen and oxygen atoms in total. The predicted octanol–water partition coefficient (Wildman–Crippen LogP) is 2.04. The van der Waals surface area contributed by atoms with Crippen molar-refractivity contribution in [1.29, 1.82) is 0 Å². The molecule has 0 aromatic heterocycles. The van der Waals surface area contributed by atoms with Crippen molar-refractivity contribution in [2.24, 2.45) is 0 Å². The summed E-state index contributed by atoms with van der Waals surface area (Å²) < 4.78 is 36.6. The number of aliphatic hydroxyl groups is 1. The van der Waals surface area contributed by atoms with Gasteiger partial charge in [-0.05, 0) is 5.56 Å². The van der Waals surface area contributed by atoms with Crippen molar-refractivity contribution < 1.29 is 18.3 Å². The highest BCUT2D eigenvalue weighted by Gasteiger charge is 2.30. The van der Waals surface area contributed by atoms with Crippen molar-refractivity contribution in [2.45, 2.75) is 12.7 Å². The largest absolute Gasteiger partial charge is 0.401 e. The number of alkyl halides is 3. The smallest absolute Gasteiger partial charge is 0.395 e. The lowest BCUT2D eigenvalue weighted by molar-refractivity contribution is -0.147. The Labute approximate surface area is 92.3 Å². The topological polar surface area (TPSA) is 23.5 Å². The van der Waals surface area contributed by atoms with E-state index >= 15 is 0 Å². The monoisotopic (exact) mass is 233 g/mol. The van der Waals surface area contributed by atoms with E-state index in [9.17, 15) is 13.2 Å². The molecule has 16 heavy (non-hydrogen) atoms. The predicted molar refractivity (Wildman–Crippen MR) is 54.9 cm³/mol. The van der Waals surface area contributed by atoms with Crippen LogP contribution < -0.4 is 0 Å². The number of rotatable bonds is 5. The van der Waals surface area contributed by atoms with E-state index in [0.29, 0.717) is 0 Å². The van der Waals surface area contributed by atoms with Gasteiger partial charge in [-0.15, -0.1) is 0 Å². The third-order valence-corrected chi connectivity index (χ3v) is 2.07. The van der Waals surface area contributed by atoms with Crippen molar-refractivity contribution in [2.75, 3.05) is 19.7 Å². The molecule has 90 valence electrons. The van der Waals surface area contributed by atoms with Gasteiger partial charge >= 0.3 is 6.18 Å². The summed E-state index contributed by atoms with van der Waals surface area (Å²) in [6.07, 6.45) is -4.23. The summed E-state index contributed by atoms with van der Waals surface area (Å²) in [5, 5.41) is 8.70. The van der Waals surface area contributed by atoms with Crippen LogP contribution in [0.1, 0.15) is 5.56 Å². The molecule has 1 N–H and O–H groups in total. The zero-order valence-corrected chi connectivity index (χ0v) is 8.74. The molecule has 1 aromatic rings. The molecule has 0 saturated carbocycles. The molecule has 0 heterocycles. The van der Waals surface area contributed by atoms with E-state index in [1.54, 1.807) is 24.3 Å². The molecular formula is C11H14F3NO. The molecular weight excluding hydrogens is 219 g/mol. The van der Waals surface area contributed by atoms with E-state index in [1.807, 2.05) is 6.07 Å². The highest BCUT2D eigenvalue weighted by molar-refractivity contribution is 5.14. The van der Waals surface area contributed by atoms with Crippen molar-refractivity contribution in [3.8, 4) is 0 Å². The van der Waals surface area contributed by atoms with Gasteiger partial charge in [-0.3, -0.25) is 4.90 Å². The van der Waals surface area contributed by atoms with Crippen LogP contribution >= 0.6 is 0 Å². The molecule has 0 atom stereocenters. The maximum Gasteiger partial charge on any atom is 0.401 e. The van der Waals surface area contributed by atoms with E-state index in [2.05, 4.69) is 0 Å². The van der Waals surface area contributed by atoms with Crippen LogP contribution in [0.25, 0.3) is 0 Å². The molecule has 0 fully saturated rings. The minimum atomic E-state index is -4.23. The van der Waals surface area contributed by atoms with Gasteiger partial charge in [0.25, 0.3) is 0 Å². The summed E-state index contributed by atoms with van der Waals surface area (Å²) >= 11 is 0. The Bertz CT molecular complexity index is 300. The Morgan fingerprint density at radius 3 is 2.25 bits per heavy atom. The summed E-state index contributed by atoms with van der Waals surface area (Å²) in [4.78, 5) is 1.18. The second-order valence-electron chi connectivity index (χ2n) is 3.54. The molecule has 0 spiro atoms. The lowest BCUT2D eigenvalue weighted by atomic mass is 10.2. The zero-order valence-electron chi connectivity index (χ0n) is 8.74. The van der Waals surface area contributed by atoms with Crippen LogP contribution in [0.5, 0.6) is 0 Å². The Hall–Kier alpha value is -1.07. The second kappa shape index (κ2) is 5.86. The Kier molecular flexibility index (Phi) is 4.76. The molecule has 0 amide bonds. The highest BCUT2D eigenvalue weighted by Crippen LogP contribution is 2.17. The lowest BCUT2D eigenvalue weighted by Crippen LogP contribution is -2.35. The van der Waals surface area contributed by atoms with Gasteiger partial charge in [-0.25, -0.2) is 0 Å². The summed E-state index contributed by atoms with van der Waals surface area (Å²) in [5.41, 5.74) is 0.806. The minimum absolute atomic E-state index is 0.0222. The molecule has 0 aliphatic rings. The molecule has 5 heteroatoms. The fraction of sp³-hybridized carbons (Fsp3) is 0.455. The number of benzene rings is 1. The summed E-state index contributed by atoms with van der Waals surface area (Å²) in [5.74, 6) is 0. The van der Waals surface area contributed by atoms with Crippen LogP contribution in [0.4, 0.5) is 13.2 Å². The molecule has 1 aromatic carbocycles. The zero-order chi connectivity index (χ0) is 12.0. The molecule has 0 saturated heterocycles. The maximum absolute atomic E-state index is 12.2. The molecule has 0 unspecified atom stereocenters. The summed E-state index contributed by atoms with van der Waals surface area (Å²) in [7, 11) is 0. The average Bonchev–Trinajstić information content (AvgIpc) is 2.17. The number of hydrogen-bond acceptors (Lipinski definition) is 2. The Morgan fingerprint density at radius 1 is 1.12 bits per heavy atom. The van der Waals surface area contributed by atoms with Crippen molar-refractivity contribution in [3.63, 3.8) is 0 Å². The van der Waals surface area contributed by atoms with Crippen LogP contribution in [0.2, 0.25) is 0 Å². The molecule has 0 aliphatic heterocycles. The fourth-order valence-corrected chi connectivity index (χ4v) is 1.45. The summed E-state index contributed by atoms with van der Waals surface area (Å²) in [6.45, 7) is -1.05. The van der Waals surface area contributed by atoms with Crippen LogP contribution in [0.3, 0.4) is 0 Å². The van der Waals surface area contributed by atoms with Gasteiger partial charge < -0.3 is 5.11 Å². The van der Waals surface area contributed by atoms with Crippen LogP contribution in [0, 0.1) is 0 Å². The third-order valence-electron chi connectivity index (χ3n) is 2.07. The molecule has 1 rings (SSSR count). The van der Waals surface area contributed by atoms with Gasteiger partial charge in [-0.2, -0.15) is 13.2 Å². The first-order valence-corrected chi connectivity index (χ1v) is 4.95. The van der Waals surface area contributed by atoms with E-state index in [-0.39, 0.29) is 19.7 Å². The minimum Gasteiger partial charge on any atom is -0.395 e. The number of aliphatic hydroxyl groups excluding tert-OH is 1. The third kappa shape index (κ3) is 5.14. The van der Waals surface area contributed by atoms with Crippen LogP contribution in [0.15, 0.2) is 30.3 Å². The SMILES string of the molecule is OCCN(Cc1ccccc1)CC(F)(F)F. The van der Waals surface area contributed by atoms with E-state index in [1.165, 1.54) is 4.90 Å². The van der Waals surface area contributed by atoms with Crippen molar-refractivity contribution in [3.05, 3.63) is 35.9 Å². The van der Waals surface area contributed by atoms with Gasteiger partial charge in [0.05, 0.1) is 13.2 Å². The highest BCUT2D eigenvalue weighted by atomic mass is 19.4. The first-order chi connectivity index (χ1) is 7.51. The van der Waals surface area contributed by atoms with E-state index < -0.39 is 12.7 Å². The lowest BCUT2D eigenvalue weighted by Gasteiger charge is -2.22. The van der Waals surface area contributed by atoms with Crippen molar-refractivity contribution >= 4 is 0 Å². The second-order valence-corrected chi connectivity index (χ2v) is 3.54. The van der Waals surface area contributed by atoms with E-state index in [0.717, 1.165) is 5.56 Å². The first kappa shape index (κ1) is 13.0. The quantitative estimate of drug-likeness (QED) is 0.841. The van der Waals surface area contributed by atoms with Gasteiger partial charge in [0.15, 0.2) is 0 Å². The molecule has 0 bridgehead atoms. The normalized spacial score (nSPS) is 12.1. The van der Waals surface area contributed by atoms with Crippen molar-refractivity contribution in [1.82, 2.24) is 4.90 Å². The fourth-order valence-electron chi connectivity index (χ4n) is 1.45. The molecule has 0 radical (unpaired) electrons. The van der Waals surface area contributed by atoms with Crippen LogP contribution in [-0.2, 0) is 6.54 Å². The number of hydrogen-bond donors (Lipinski definition) is 1. The van der Waals surface area contributed by atoms with Gasteiger partial charge in [0, 0.05) is 13.1 Å². The van der Waals surface area contributed by atoms with Gasteiger partial charge in [-0.1, -0.05) is 30.3 Å². The standard InChI is InChI=1S/C11H14F3NO/c12-11(13,14)9-15(6-7-16)8-10-4-2-1-3-5-10/h1-5,16H,6-9H2. The van der Waals surface area contributed by atoms with Gasteiger partial charge in [0.1, 0.15) is 0 Å². The van der Waals surface area contributed by atoms with E-state index in [4.69, 9.17) is 5.11 Å². The molecule has 0 aliphatic carbocycles. The number of nitrogens with zero attached hydrogens (tertiary/aromatic N) is 1. The van der Waals surface area contributed by atoms with Crippen LogP contribution in [-0.4, -0.2) is 35.9 Å². The Morgan fingerprint density at radius 2 is 1.75 bits per heavy atom. The maximum atomic E-state index is 12.2. The number of halogens is 3. The summed E-state index contributed by atoms with van der Waals surface area (Å²) in [6, 6.07) is 8.89. The first-order valence-electron chi connectivity index (χ1n) is 4.95. The van der Waals surface area contributed by atoms with Gasteiger partial charge in [0.2, 0.25) is 0 Å². The average molecular weight is 233 g/mol.